The summed E-state index contributed by atoms with van der Waals surface area (Å²) in [4.78, 5) is 13.5. The fourth-order valence-electron chi connectivity index (χ4n) is 2.72. The molecule has 0 radical (unpaired) electrons. The largest absolute Gasteiger partial charge is 0.507 e. The van der Waals surface area contributed by atoms with Crippen LogP contribution in [-0.4, -0.2) is 81.7 Å². The summed E-state index contributed by atoms with van der Waals surface area (Å²) in [5.74, 6) is -1.68. The van der Waals surface area contributed by atoms with Crippen LogP contribution in [-0.2, 0) is 6.42 Å². The fourth-order valence-corrected chi connectivity index (χ4v) is 2.72. The quantitative estimate of drug-likeness (QED) is 0.290. The number of phenols is 1. The van der Waals surface area contributed by atoms with E-state index in [-0.39, 0.29) is 42.8 Å². The average Bonchev–Trinajstić information content (AvgIpc) is 2.51. The molecule has 10 heteroatoms. The predicted octanol–water partition coefficient (Wildman–Crippen LogP) is -1.51. The maximum absolute atomic E-state index is 11.5. The highest BCUT2D eigenvalue weighted by molar-refractivity contribution is 6.41. The van der Waals surface area contributed by atoms with Crippen molar-refractivity contribution in [1.29, 1.82) is 0 Å². The minimum atomic E-state index is -1.53. The van der Waals surface area contributed by atoms with Crippen LogP contribution in [0.3, 0.4) is 0 Å². The average molecular weight is 354 g/mol. The monoisotopic (exact) mass is 354 g/mol. The first-order valence-corrected chi connectivity index (χ1v) is 8.01. The number of aliphatic hydroxyl groups excluding tert-OH is 1. The number of aromatic hydroxyl groups is 1. The van der Waals surface area contributed by atoms with E-state index in [1.807, 2.05) is 4.90 Å². The summed E-state index contributed by atoms with van der Waals surface area (Å²) in [5, 5.41) is 46.3. The Hall–Kier alpha value is -1.85. The van der Waals surface area contributed by atoms with Crippen molar-refractivity contribution < 1.29 is 34.9 Å². The first kappa shape index (κ1) is 19.5. The van der Waals surface area contributed by atoms with Gasteiger partial charge in [-0.25, -0.2) is 4.79 Å². The predicted molar refractivity (Wildman–Crippen MR) is 89.7 cm³/mol. The standard InChI is InChI=1S/C15H23BN2O7/c17-10(8-19)5-18-6-11(7-18)25-12-2-1-9(3-4-16(23)24)14(20)13(12)15(21)22/h1-2,10-11,19-20,23-24H,3-8,17H2,(H,21,22)/t10-/m0/s1. The number of hydrogen-bond donors (Lipinski definition) is 6. The van der Waals surface area contributed by atoms with Crippen molar-refractivity contribution in [3.05, 3.63) is 23.3 Å². The van der Waals surface area contributed by atoms with E-state index in [0.29, 0.717) is 25.2 Å². The summed E-state index contributed by atoms with van der Waals surface area (Å²) in [7, 11) is -1.53. The van der Waals surface area contributed by atoms with E-state index in [0.717, 1.165) is 0 Å². The first-order valence-electron chi connectivity index (χ1n) is 8.01. The van der Waals surface area contributed by atoms with Gasteiger partial charge in [-0.2, -0.15) is 0 Å². The summed E-state index contributed by atoms with van der Waals surface area (Å²) in [6.45, 7) is 1.51. The molecule has 1 fully saturated rings. The molecule has 1 heterocycles. The van der Waals surface area contributed by atoms with Crippen LogP contribution >= 0.6 is 0 Å². The van der Waals surface area contributed by atoms with Gasteiger partial charge in [0.25, 0.3) is 0 Å². The second kappa shape index (κ2) is 8.50. The summed E-state index contributed by atoms with van der Waals surface area (Å²) in [6.07, 6.45) is -0.121. The van der Waals surface area contributed by atoms with E-state index in [1.54, 1.807) is 0 Å². The minimum absolute atomic E-state index is 0.0183. The number of aliphatic hydroxyl groups is 1. The van der Waals surface area contributed by atoms with Crippen LogP contribution in [0.15, 0.2) is 12.1 Å². The lowest BCUT2D eigenvalue weighted by molar-refractivity contribution is 0.0119. The van der Waals surface area contributed by atoms with Crippen LogP contribution in [0.2, 0.25) is 6.32 Å². The lowest BCUT2D eigenvalue weighted by atomic mass is 9.82. The molecule has 0 aromatic heterocycles. The number of carbonyl (C=O) groups is 1. The molecule has 0 aliphatic carbocycles. The highest BCUT2D eigenvalue weighted by Crippen LogP contribution is 2.33. The van der Waals surface area contributed by atoms with Crippen LogP contribution in [0.25, 0.3) is 0 Å². The molecule has 7 N–H and O–H groups in total. The molecule has 1 aromatic carbocycles. The van der Waals surface area contributed by atoms with Gasteiger partial charge in [0.1, 0.15) is 23.2 Å². The van der Waals surface area contributed by atoms with Crippen LogP contribution in [0.5, 0.6) is 11.5 Å². The Labute approximate surface area is 145 Å². The van der Waals surface area contributed by atoms with Gasteiger partial charge in [0.05, 0.1) is 6.61 Å². The van der Waals surface area contributed by atoms with Crippen LogP contribution in [0.1, 0.15) is 15.9 Å². The highest BCUT2D eigenvalue weighted by atomic mass is 16.5. The zero-order chi connectivity index (χ0) is 18.6. The second-order valence-electron chi connectivity index (χ2n) is 6.17. The van der Waals surface area contributed by atoms with Crippen LogP contribution in [0, 0.1) is 0 Å². The first-order chi connectivity index (χ1) is 11.8. The number of hydrogen-bond acceptors (Lipinski definition) is 8. The molecule has 138 valence electrons. The normalized spacial score (nSPS) is 16.3. The molecule has 0 amide bonds. The molecular formula is C15H23BN2O7. The number of likely N-dealkylation sites (tertiary alicyclic amines) is 1. The van der Waals surface area contributed by atoms with E-state index < -0.39 is 18.8 Å². The number of carboxylic acid groups (broad SMARTS) is 1. The third-order valence-electron chi connectivity index (χ3n) is 4.05. The Bertz CT molecular complexity index is 608. The summed E-state index contributed by atoms with van der Waals surface area (Å²) in [5.41, 5.74) is 5.62. The summed E-state index contributed by atoms with van der Waals surface area (Å²) >= 11 is 0. The lowest BCUT2D eigenvalue weighted by Crippen LogP contribution is -2.57. The molecule has 1 aliphatic heterocycles. The lowest BCUT2D eigenvalue weighted by Gasteiger charge is -2.40. The fraction of sp³-hybridized carbons (Fsp3) is 0.533. The minimum Gasteiger partial charge on any atom is -0.507 e. The van der Waals surface area contributed by atoms with Gasteiger partial charge < -0.3 is 35.8 Å². The van der Waals surface area contributed by atoms with Gasteiger partial charge in [0.15, 0.2) is 0 Å². The van der Waals surface area contributed by atoms with E-state index >= 15 is 0 Å². The van der Waals surface area contributed by atoms with Gasteiger partial charge in [-0.15, -0.1) is 0 Å². The van der Waals surface area contributed by atoms with E-state index in [4.69, 9.17) is 25.6 Å². The third kappa shape index (κ3) is 5.06. The molecule has 1 aromatic rings. The Morgan fingerprint density at radius 1 is 1.40 bits per heavy atom. The van der Waals surface area contributed by atoms with Gasteiger partial charge in [-0.05, 0) is 24.4 Å². The molecular weight excluding hydrogens is 331 g/mol. The van der Waals surface area contributed by atoms with Gasteiger partial charge >= 0.3 is 13.1 Å². The zero-order valence-electron chi connectivity index (χ0n) is 13.7. The maximum Gasteiger partial charge on any atom is 0.451 e. The number of aromatic carboxylic acids is 1. The Balaban J connectivity index is 2.04. The van der Waals surface area contributed by atoms with Crippen molar-refractivity contribution in [3.63, 3.8) is 0 Å². The number of ether oxygens (including phenoxy) is 1. The summed E-state index contributed by atoms with van der Waals surface area (Å²) < 4.78 is 5.67. The van der Waals surface area contributed by atoms with Crippen molar-refractivity contribution in [2.45, 2.75) is 24.9 Å². The molecule has 9 nitrogen and oxygen atoms in total. The van der Waals surface area contributed by atoms with E-state index in [9.17, 15) is 15.0 Å². The van der Waals surface area contributed by atoms with Crippen LogP contribution < -0.4 is 10.5 Å². The number of nitrogens with zero attached hydrogens (tertiary/aromatic N) is 1. The third-order valence-corrected chi connectivity index (χ3v) is 4.05. The number of rotatable bonds is 9. The molecule has 1 saturated heterocycles. The molecule has 1 atom stereocenters. The van der Waals surface area contributed by atoms with Crippen molar-refractivity contribution in [2.75, 3.05) is 26.2 Å². The Morgan fingerprint density at radius 2 is 2.08 bits per heavy atom. The molecule has 2 rings (SSSR count). The molecule has 0 unspecified atom stereocenters. The van der Waals surface area contributed by atoms with Gasteiger partial charge in [-0.1, -0.05) is 6.07 Å². The Kier molecular flexibility index (Phi) is 6.62. The number of benzene rings is 1. The molecule has 25 heavy (non-hydrogen) atoms. The van der Waals surface area contributed by atoms with E-state index in [2.05, 4.69) is 0 Å². The van der Waals surface area contributed by atoms with Gasteiger partial charge in [0, 0.05) is 25.7 Å². The SMILES string of the molecule is N[C@H](CO)CN1CC(Oc2ccc(CCB(O)O)c(O)c2C(=O)O)C1. The van der Waals surface area contributed by atoms with Crippen LogP contribution in [0.4, 0.5) is 0 Å². The topological polar surface area (TPSA) is 157 Å². The van der Waals surface area contributed by atoms with Crippen molar-refractivity contribution in [1.82, 2.24) is 4.90 Å². The zero-order valence-corrected chi connectivity index (χ0v) is 13.7. The Morgan fingerprint density at radius 3 is 2.64 bits per heavy atom. The molecule has 0 bridgehead atoms. The van der Waals surface area contributed by atoms with Crippen molar-refractivity contribution in [2.24, 2.45) is 5.73 Å². The molecule has 1 aliphatic rings. The van der Waals surface area contributed by atoms with Gasteiger partial charge in [-0.3, -0.25) is 4.90 Å². The summed E-state index contributed by atoms with van der Waals surface area (Å²) in [6, 6.07) is 2.64. The molecule has 0 spiro atoms. The second-order valence-corrected chi connectivity index (χ2v) is 6.17. The van der Waals surface area contributed by atoms with Gasteiger partial charge in [0.2, 0.25) is 0 Å². The maximum atomic E-state index is 11.5. The number of aryl methyl sites for hydroxylation is 1. The van der Waals surface area contributed by atoms with E-state index in [1.165, 1.54) is 12.1 Å². The van der Waals surface area contributed by atoms with Crippen molar-refractivity contribution >= 4 is 13.1 Å². The smallest absolute Gasteiger partial charge is 0.451 e. The van der Waals surface area contributed by atoms with Crippen molar-refractivity contribution in [3.8, 4) is 11.5 Å². The number of nitrogens with two attached hydrogens (primary N) is 1. The number of carboxylic acids is 1. The highest BCUT2D eigenvalue weighted by Gasteiger charge is 2.31. The molecule has 0 saturated carbocycles.